The highest BCUT2D eigenvalue weighted by molar-refractivity contribution is 7.92. The molecule has 0 spiro atoms. The van der Waals surface area contributed by atoms with Crippen LogP contribution >= 0.6 is 11.6 Å². The van der Waals surface area contributed by atoms with Crippen LogP contribution in [0.3, 0.4) is 0 Å². The third-order valence-electron chi connectivity index (χ3n) is 6.49. The van der Waals surface area contributed by atoms with Crippen LogP contribution in [0.15, 0.2) is 77.7 Å². The lowest BCUT2D eigenvalue weighted by Gasteiger charge is -2.32. The number of ether oxygens (including phenoxy) is 1. The molecule has 40 heavy (non-hydrogen) atoms. The monoisotopic (exact) mass is 589 g/mol. The van der Waals surface area contributed by atoms with E-state index >= 15 is 0 Å². The molecule has 0 aliphatic rings. The van der Waals surface area contributed by atoms with Gasteiger partial charge in [-0.15, -0.1) is 0 Å². The van der Waals surface area contributed by atoms with Crippen molar-refractivity contribution in [3.8, 4) is 5.75 Å². The molecule has 11 heteroatoms. The summed E-state index contributed by atoms with van der Waals surface area (Å²) in [7, 11) is -2.82. The molecule has 0 aromatic heterocycles. The molecule has 0 saturated carbocycles. The molecule has 0 unspecified atom stereocenters. The molecule has 0 saturated heterocycles. The van der Waals surface area contributed by atoms with E-state index in [0.717, 1.165) is 4.31 Å². The van der Waals surface area contributed by atoms with E-state index in [0.29, 0.717) is 12.2 Å². The van der Waals surface area contributed by atoms with Crippen molar-refractivity contribution in [2.45, 2.75) is 50.7 Å². The molecule has 214 valence electrons. The number of sulfonamides is 1. The van der Waals surface area contributed by atoms with Gasteiger partial charge < -0.3 is 15.0 Å². The van der Waals surface area contributed by atoms with Gasteiger partial charge in [0.25, 0.3) is 10.0 Å². The van der Waals surface area contributed by atoms with E-state index in [4.69, 9.17) is 16.3 Å². The minimum Gasteiger partial charge on any atom is -0.497 e. The third kappa shape index (κ3) is 7.51. The molecule has 2 atom stereocenters. The summed E-state index contributed by atoms with van der Waals surface area (Å²) in [5.74, 6) is -1.23. The van der Waals surface area contributed by atoms with Crippen LogP contribution in [-0.4, -0.2) is 50.9 Å². The van der Waals surface area contributed by atoms with Gasteiger partial charge in [0.05, 0.1) is 17.7 Å². The first-order valence-electron chi connectivity index (χ1n) is 12.7. The zero-order chi connectivity index (χ0) is 29.4. The number of anilines is 1. The Morgan fingerprint density at radius 1 is 1.02 bits per heavy atom. The number of hydrogen-bond acceptors (Lipinski definition) is 5. The van der Waals surface area contributed by atoms with Gasteiger partial charge >= 0.3 is 0 Å². The Bertz CT molecular complexity index is 1440. The zero-order valence-corrected chi connectivity index (χ0v) is 24.4. The summed E-state index contributed by atoms with van der Waals surface area (Å²) in [6.07, 6.45) is 0.669. The summed E-state index contributed by atoms with van der Waals surface area (Å²) in [6, 6.07) is 16.6. The minimum absolute atomic E-state index is 0.0794. The van der Waals surface area contributed by atoms with Crippen molar-refractivity contribution in [2.24, 2.45) is 0 Å². The summed E-state index contributed by atoms with van der Waals surface area (Å²) in [4.78, 5) is 28.0. The molecule has 0 fully saturated rings. The maximum atomic E-state index is 14.6. The number of carbonyl (C=O) groups is 2. The minimum atomic E-state index is -4.28. The van der Waals surface area contributed by atoms with Crippen molar-refractivity contribution in [1.29, 1.82) is 0 Å². The van der Waals surface area contributed by atoms with Gasteiger partial charge in [-0.3, -0.25) is 13.9 Å². The first-order valence-corrected chi connectivity index (χ1v) is 14.5. The average molecular weight is 590 g/mol. The number of rotatable bonds is 12. The summed E-state index contributed by atoms with van der Waals surface area (Å²) in [5.41, 5.74) is 0.338. The van der Waals surface area contributed by atoms with Crippen molar-refractivity contribution >= 4 is 39.1 Å². The van der Waals surface area contributed by atoms with Crippen molar-refractivity contribution in [1.82, 2.24) is 10.2 Å². The quantitative estimate of drug-likeness (QED) is 0.320. The summed E-state index contributed by atoms with van der Waals surface area (Å²) < 4.78 is 48.3. The highest BCUT2D eigenvalue weighted by atomic mass is 35.5. The Labute approximate surface area is 239 Å². The third-order valence-corrected chi connectivity index (χ3v) is 8.51. The summed E-state index contributed by atoms with van der Waals surface area (Å²) >= 11 is 6.17. The highest BCUT2D eigenvalue weighted by Gasteiger charge is 2.33. The number of amides is 2. The van der Waals surface area contributed by atoms with Gasteiger partial charge in [-0.05, 0) is 68.8 Å². The fourth-order valence-corrected chi connectivity index (χ4v) is 5.48. The van der Waals surface area contributed by atoms with Crippen molar-refractivity contribution in [2.75, 3.05) is 18.0 Å². The van der Waals surface area contributed by atoms with E-state index in [1.165, 1.54) is 73.5 Å². The second-order valence-corrected chi connectivity index (χ2v) is 11.6. The predicted octanol–water partition coefficient (Wildman–Crippen LogP) is 5.02. The standard InChI is InChI=1S/C29H33ClFN3O5S/c1-5-20(2)32-29(36)21(3)33(18-22-9-6-7-12-27(22)31)28(35)19-34(24-11-8-10-23(30)17-24)40(37,38)26-15-13-25(39-4)14-16-26/h6-17,20-21H,5,18-19H2,1-4H3,(H,32,36)/t20-,21+/m1/s1. The molecular weight excluding hydrogens is 557 g/mol. The average Bonchev–Trinajstić information content (AvgIpc) is 2.94. The number of benzene rings is 3. The SMILES string of the molecule is CC[C@@H](C)NC(=O)[C@H](C)N(Cc1ccccc1F)C(=O)CN(c1cccc(Cl)c1)S(=O)(=O)c1ccc(OC)cc1. The number of nitrogens with zero attached hydrogens (tertiary/aromatic N) is 2. The molecule has 0 heterocycles. The smallest absolute Gasteiger partial charge is 0.264 e. The van der Waals surface area contributed by atoms with Gasteiger partial charge in [-0.25, -0.2) is 12.8 Å². The lowest BCUT2D eigenvalue weighted by Crippen LogP contribution is -2.52. The van der Waals surface area contributed by atoms with Gasteiger partial charge in [0.2, 0.25) is 11.8 Å². The molecular formula is C29H33ClFN3O5S. The highest BCUT2D eigenvalue weighted by Crippen LogP contribution is 2.28. The predicted molar refractivity (Wildman–Crippen MR) is 153 cm³/mol. The molecule has 3 rings (SSSR count). The molecule has 0 aliphatic heterocycles. The second kappa shape index (κ2) is 13.6. The number of halogens is 2. The normalized spacial score (nSPS) is 12.8. The number of nitrogens with one attached hydrogen (secondary N) is 1. The van der Waals surface area contributed by atoms with Gasteiger partial charge in [-0.1, -0.05) is 42.8 Å². The van der Waals surface area contributed by atoms with Crippen LogP contribution in [0.2, 0.25) is 5.02 Å². The molecule has 8 nitrogen and oxygen atoms in total. The lowest BCUT2D eigenvalue weighted by molar-refractivity contribution is -0.139. The van der Waals surface area contributed by atoms with Crippen molar-refractivity contribution < 1.29 is 27.1 Å². The molecule has 3 aromatic rings. The molecule has 2 amide bonds. The largest absolute Gasteiger partial charge is 0.497 e. The molecule has 0 bridgehead atoms. The Balaban J connectivity index is 2.04. The molecule has 1 N–H and O–H groups in total. The molecule has 3 aromatic carbocycles. The first-order chi connectivity index (χ1) is 19.0. The van der Waals surface area contributed by atoms with Crippen LogP contribution < -0.4 is 14.4 Å². The van der Waals surface area contributed by atoms with Crippen LogP contribution in [-0.2, 0) is 26.2 Å². The van der Waals surface area contributed by atoms with Crippen LogP contribution in [0.5, 0.6) is 5.75 Å². The van der Waals surface area contributed by atoms with Crippen molar-refractivity contribution in [3.63, 3.8) is 0 Å². The second-order valence-electron chi connectivity index (χ2n) is 9.27. The van der Waals surface area contributed by atoms with Crippen LogP contribution in [0.1, 0.15) is 32.8 Å². The van der Waals surface area contributed by atoms with Gasteiger partial charge in [-0.2, -0.15) is 0 Å². The fourth-order valence-electron chi connectivity index (χ4n) is 3.89. The topological polar surface area (TPSA) is 96.0 Å². The van der Waals surface area contributed by atoms with E-state index in [1.54, 1.807) is 18.2 Å². The van der Waals surface area contributed by atoms with Crippen LogP contribution in [0, 0.1) is 5.82 Å². The van der Waals surface area contributed by atoms with Gasteiger partial charge in [0, 0.05) is 23.2 Å². The Hall–Kier alpha value is -3.63. The van der Waals surface area contributed by atoms with Crippen molar-refractivity contribution in [3.05, 3.63) is 89.2 Å². The summed E-state index contributed by atoms with van der Waals surface area (Å²) in [5, 5.41) is 3.10. The first kappa shape index (κ1) is 30.9. The van der Waals surface area contributed by atoms with E-state index in [2.05, 4.69) is 5.32 Å². The Morgan fingerprint density at radius 3 is 2.30 bits per heavy atom. The molecule has 0 aliphatic carbocycles. The van der Waals surface area contributed by atoms with Crippen LogP contribution in [0.4, 0.5) is 10.1 Å². The van der Waals surface area contributed by atoms with E-state index in [9.17, 15) is 22.4 Å². The molecule has 0 radical (unpaired) electrons. The maximum absolute atomic E-state index is 14.6. The number of methoxy groups -OCH3 is 1. The fraction of sp³-hybridized carbons (Fsp3) is 0.310. The van der Waals surface area contributed by atoms with Gasteiger partial charge in [0.15, 0.2) is 0 Å². The number of hydrogen-bond donors (Lipinski definition) is 1. The van der Waals surface area contributed by atoms with E-state index in [1.807, 2.05) is 13.8 Å². The zero-order valence-electron chi connectivity index (χ0n) is 22.8. The lowest BCUT2D eigenvalue weighted by atomic mass is 10.1. The van der Waals surface area contributed by atoms with E-state index in [-0.39, 0.29) is 33.8 Å². The van der Waals surface area contributed by atoms with Gasteiger partial charge in [0.1, 0.15) is 24.2 Å². The van der Waals surface area contributed by atoms with Crippen LogP contribution in [0.25, 0.3) is 0 Å². The Morgan fingerprint density at radius 2 is 1.70 bits per heavy atom. The number of carbonyl (C=O) groups excluding carboxylic acids is 2. The van der Waals surface area contributed by atoms with E-state index < -0.39 is 40.2 Å². The summed E-state index contributed by atoms with van der Waals surface area (Å²) in [6.45, 7) is 4.36. The maximum Gasteiger partial charge on any atom is 0.264 e. The Kier molecular flexibility index (Phi) is 10.5.